The first kappa shape index (κ1) is 8.73. The van der Waals surface area contributed by atoms with Gasteiger partial charge in [-0.1, -0.05) is 0 Å². The molecule has 0 aliphatic heterocycles. The van der Waals surface area contributed by atoms with E-state index in [9.17, 15) is 9.59 Å². The lowest BCUT2D eigenvalue weighted by Crippen LogP contribution is -2.42. The van der Waals surface area contributed by atoms with Gasteiger partial charge in [0.25, 0.3) is 0 Å². The van der Waals surface area contributed by atoms with Gasteiger partial charge in [0, 0.05) is 12.3 Å². The summed E-state index contributed by atoms with van der Waals surface area (Å²) in [5, 5.41) is 0. The Kier molecular flexibility index (Phi) is 2.10. The number of ketones is 1. The van der Waals surface area contributed by atoms with Gasteiger partial charge < -0.3 is 4.74 Å². The molecule has 0 N–H and O–H groups in total. The molecule has 0 amide bonds. The number of hydrogen-bond acceptors (Lipinski definition) is 3. The topological polar surface area (TPSA) is 43.4 Å². The van der Waals surface area contributed by atoms with Crippen LogP contribution in [-0.2, 0) is 14.3 Å². The lowest BCUT2D eigenvalue weighted by Gasteiger charge is -2.39. The van der Waals surface area contributed by atoms with Gasteiger partial charge in [-0.15, -0.1) is 0 Å². The molecule has 0 heterocycles. The number of carbonyl (C=O) groups is 2. The molecule has 3 saturated carbocycles. The number of fused-ring (bicyclic) bond motifs is 3. The van der Waals surface area contributed by atoms with Crippen molar-refractivity contribution in [3.63, 3.8) is 0 Å². The zero-order chi connectivity index (χ0) is 9.42. The second-order valence-corrected chi connectivity index (χ2v) is 4.09. The monoisotopic (exact) mass is 182 g/mol. The van der Waals surface area contributed by atoms with Crippen LogP contribution in [0.3, 0.4) is 0 Å². The highest BCUT2D eigenvalue weighted by atomic mass is 16.5. The van der Waals surface area contributed by atoms with Crippen LogP contribution in [0.2, 0.25) is 0 Å². The lowest BCUT2D eigenvalue weighted by atomic mass is 9.64. The van der Waals surface area contributed by atoms with Crippen LogP contribution in [0.1, 0.15) is 25.7 Å². The second kappa shape index (κ2) is 3.13. The molecule has 0 unspecified atom stereocenters. The fourth-order valence-electron chi connectivity index (χ4n) is 2.68. The molecule has 72 valence electrons. The van der Waals surface area contributed by atoms with Gasteiger partial charge in [-0.05, 0) is 25.2 Å². The van der Waals surface area contributed by atoms with Crippen LogP contribution in [-0.4, -0.2) is 18.9 Å². The number of carbonyl (C=O) groups excluding carboxylic acids is 2. The third-order valence-corrected chi connectivity index (χ3v) is 3.37. The van der Waals surface area contributed by atoms with Gasteiger partial charge in [0.15, 0.2) is 0 Å². The molecule has 3 atom stereocenters. The number of Topliss-reactive ketones (excluding diaryl/α,β-unsaturated/α-hetero) is 1. The Morgan fingerprint density at radius 2 is 2.23 bits per heavy atom. The highest BCUT2D eigenvalue weighted by Crippen LogP contribution is 2.43. The minimum atomic E-state index is -0.192. The molecule has 2 bridgehead atoms. The fraction of sp³-hybridized carbons (Fsp3) is 0.800. The Balaban J connectivity index is 2.14. The molecule has 0 spiro atoms. The molecule has 3 aliphatic carbocycles. The van der Waals surface area contributed by atoms with Gasteiger partial charge in [0.2, 0.25) is 0 Å². The third kappa shape index (κ3) is 1.36. The van der Waals surface area contributed by atoms with Crippen LogP contribution < -0.4 is 0 Å². The maximum atomic E-state index is 11.5. The van der Waals surface area contributed by atoms with Crippen molar-refractivity contribution in [1.29, 1.82) is 0 Å². The Labute approximate surface area is 77.4 Å². The Hall–Kier alpha value is -0.860. The molecule has 0 aromatic rings. The number of hydrogen-bond donors (Lipinski definition) is 0. The van der Waals surface area contributed by atoms with E-state index >= 15 is 0 Å². The average molecular weight is 182 g/mol. The molecular formula is C10H14O3. The van der Waals surface area contributed by atoms with E-state index in [1.54, 1.807) is 0 Å². The van der Waals surface area contributed by atoms with E-state index in [4.69, 9.17) is 4.74 Å². The predicted molar refractivity (Wildman–Crippen MR) is 46.0 cm³/mol. The summed E-state index contributed by atoms with van der Waals surface area (Å²) in [6.07, 6.45) is 3.56. The van der Waals surface area contributed by atoms with Crippen molar-refractivity contribution < 1.29 is 14.3 Å². The zero-order valence-electron chi connectivity index (χ0n) is 7.79. The van der Waals surface area contributed by atoms with Crippen LogP contribution in [0.25, 0.3) is 0 Å². The first-order chi connectivity index (χ1) is 6.22. The maximum absolute atomic E-state index is 11.5. The Morgan fingerprint density at radius 3 is 2.77 bits per heavy atom. The zero-order valence-corrected chi connectivity index (χ0v) is 7.79. The second-order valence-electron chi connectivity index (χ2n) is 4.09. The summed E-state index contributed by atoms with van der Waals surface area (Å²) in [5.74, 6) is 0.365. The SMILES string of the molecule is COC(=O)[C@H]1C[C@H]2CC[C@@H]1C(=O)C2. The Bertz CT molecular complexity index is 247. The molecule has 0 saturated heterocycles. The van der Waals surface area contributed by atoms with Crippen LogP contribution in [0.5, 0.6) is 0 Å². The van der Waals surface area contributed by atoms with Crippen LogP contribution in [0.4, 0.5) is 0 Å². The quantitative estimate of drug-likeness (QED) is 0.571. The highest BCUT2D eigenvalue weighted by Gasteiger charge is 2.44. The van der Waals surface area contributed by atoms with Crippen molar-refractivity contribution in [2.45, 2.75) is 25.7 Å². The molecule has 0 aromatic carbocycles. The van der Waals surface area contributed by atoms with Gasteiger partial charge >= 0.3 is 5.97 Å². The number of methoxy groups -OCH3 is 1. The number of ether oxygens (including phenoxy) is 1. The van der Waals surface area contributed by atoms with Gasteiger partial charge in [-0.2, -0.15) is 0 Å². The molecule has 0 aromatic heterocycles. The van der Waals surface area contributed by atoms with Gasteiger partial charge in [-0.3, -0.25) is 9.59 Å². The predicted octanol–water partition coefficient (Wildman–Crippen LogP) is 1.16. The first-order valence-electron chi connectivity index (χ1n) is 4.83. The lowest BCUT2D eigenvalue weighted by molar-refractivity contribution is -0.156. The van der Waals surface area contributed by atoms with Crippen molar-refractivity contribution in [3.05, 3.63) is 0 Å². The fourth-order valence-corrected chi connectivity index (χ4v) is 2.68. The summed E-state index contributed by atoms with van der Waals surface area (Å²) < 4.78 is 4.70. The summed E-state index contributed by atoms with van der Waals surface area (Å²) in [7, 11) is 1.40. The summed E-state index contributed by atoms with van der Waals surface area (Å²) in [6, 6.07) is 0. The highest BCUT2D eigenvalue weighted by molar-refractivity contribution is 5.88. The minimum Gasteiger partial charge on any atom is -0.469 e. The van der Waals surface area contributed by atoms with Gasteiger partial charge in [-0.25, -0.2) is 0 Å². The average Bonchev–Trinajstić information content (AvgIpc) is 2.17. The molecule has 3 rings (SSSR count). The van der Waals surface area contributed by atoms with Crippen molar-refractivity contribution in [3.8, 4) is 0 Å². The number of esters is 1. The molecule has 3 heteroatoms. The first-order valence-corrected chi connectivity index (χ1v) is 4.83. The van der Waals surface area contributed by atoms with Crippen molar-refractivity contribution >= 4 is 11.8 Å². The normalized spacial score (nSPS) is 37.6. The number of rotatable bonds is 1. The Morgan fingerprint density at radius 1 is 1.46 bits per heavy atom. The van der Waals surface area contributed by atoms with Crippen molar-refractivity contribution in [2.24, 2.45) is 17.8 Å². The summed E-state index contributed by atoms with van der Waals surface area (Å²) >= 11 is 0. The van der Waals surface area contributed by atoms with Gasteiger partial charge in [0.1, 0.15) is 5.78 Å². The van der Waals surface area contributed by atoms with E-state index in [1.165, 1.54) is 7.11 Å². The van der Waals surface area contributed by atoms with E-state index in [-0.39, 0.29) is 23.6 Å². The molecule has 13 heavy (non-hydrogen) atoms. The van der Waals surface area contributed by atoms with Crippen molar-refractivity contribution in [1.82, 2.24) is 0 Å². The minimum absolute atomic E-state index is 0.0301. The summed E-state index contributed by atoms with van der Waals surface area (Å²) in [4.78, 5) is 22.8. The molecule has 3 aliphatic rings. The van der Waals surface area contributed by atoms with Crippen LogP contribution >= 0.6 is 0 Å². The van der Waals surface area contributed by atoms with Crippen LogP contribution in [0.15, 0.2) is 0 Å². The van der Waals surface area contributed by atoms with E-state index in [2.05, 4.69) is 0 Å². The van der Waals surface area contributed by atoms with Crippen molar-refractivity contribution in [2.75, 3.05) is 7.11 Å². The smallest absolute Gasteiger partial charge is 0.309 e. The van der Waals surface area contributed by atoms with Crippen LogP contribution in [0, 0.1) is 17.8 Å². The summed E-state index contributed by atoms with van der Waals surface area (Å²) in [6.45, 7) is 0. The molecular weight excluding hydrogens is 168 g/mol. The third-order valence-electron chi connectivity index (χ3n) is 3.37. The van der Waals surface area contributed by atoms with E-state index in [0.29, 0.717) is 12.3 Å². The maximum Gasteiger partial charge on any atom is 0.309 e. The van der Waals surface area contributed by atoms with E-state index in [1.807, 2.05) is 0 Å². The summed E-state index contributed by atoms with van der Waals surface area (Å²) in [5.41, 5.74) is 0. The largest absolute Gasteiger partial charge is 0.469 e. The van der Waals surface area contributed by atoms with E-state index in [0.717, 1.165) is 19.3 Å². The van der Waals surface area contributed by atoms with E-state index < -0.39 is 0 Å². The molecule has 0 radical (unpaired) electrons. The molecule has 3 fully saturated rings. The molecule has 3 nitrogen and oxygen atoms in total. The standard InChI is InChI=1S/C10H14O3/c1-13-10(12)8-4-6-2-3-7(8)9(11)5-6/h6-8H,2-5H2,1H3/t6-,7+,8+/m1/s1. The van der Waals surface area contributed by atoms with Gasteiger partial charge in [0.05, 0.1) is 13.0 Å².